The summed E-state index contributed by atoms with van der Waals surface area (Å²) in [6.07, 6.45) is -5.53. The Morgan fingerprint density at radius 3 is 2.05 bits per heavy atom. The smallest absolute Gasteiger partial charge is 0.360 e. The van der Waals surface area contributed by atoms with Crippen molar-refractivity contribution in [1.82, 2.24) is 0 Å². The van der Waals surface area contributed by atoms with Gasteiger partial charge in [0.15, 0.2) is 5.78 Å². The van der Waals surface area contributed by atoms with Gasteiger partial charge in [0, 0.05) is 12.0 Å². The molecule has 0 aliphatic rings. The molecule has 0 aliphatic carbocycles. The summed E-state index contributed by atoms with van der Waals surface area (Å²) in [4.78, 5) is 12.4. The van der Waals surface area contributed by atoms with Crippen LogP contribution in [0, 0.1) is 0 Å². The zero-order chi connectivity index (χ0) is 16.0. The molecule has 1 unspecified atom stereocenters. The van der Waals surface area contributed by atoms with E-state index in [4.69, 9.17) is 4.74 Å². The van der Waals surface area contributed by atoms with E-state index in [0.29, 0.717) is 5.56 Å². The molecule has 2 aromatic carbocycles. The first kappa shape index (κ1) is 16.2. The summed E-state index contributed by atoms with van der Waals surface area (Å²) >= 11 is 0. The van der Waals surface area contributed by atoms with Crippen LogP contribution >= 0.6 is 0 Å². The van der Waals surface area contributed by atoms with Crippen molar-refractivity contribution in [2.24, 2.45) is 0 Å². The van der Waals surface area contributed by atoms with E-state index in [1.807, 2.05) is 0 Å². The highest BCUT2D eigenvalue weighted by molar-refractivity contribution is 5.99. The Bertz CT molecular complexity index is 594. The Balaban J connectivity index is 2.15. The molecule has 0 N–H and O–H groups in total. The van der Waals surface area contributed by atoms with Crippen LogP contribution in [0.2, 0.25) is 0 Å². The molecule has 0 fully saturated rings. The molecule has 0 bridgehead atoms. The molecule has 0 saturated heterocycles. The van der Waals surface area contributed by atoms with E-state index >= 15 is 0 Å². The summed E-state index contributed by atoms with van der Waals surface area (Å²) in [6.45, 7) is -1.44. The van der Waals surface area contributed by atoms with Crippen LogP contribution in [-0.2, 0) is 11.2 Å². The van der Waals surface area contributed by atoms with E-state index in [1.54, 1.807) is 60.7 Å². The quantitative estimate of drug-likeness (QED) is 0.752. The molecule has 0 heterocycles. The fourth-order valence-electron chi connectivity index (χ4n) is 2.04. The van der Waals surface area contributed by atoms with E-state index in [9.17, 15) is 18.0 Å². The number of ether oxygens (including phenoxy) is 1. The molecule has 2 rings (SSSR count). The molecule has 0 radical (unpaired) electrons. The van der Waals surface area contributed by atoms with Gasteiger partial charge in [-0.25, -0.2) is 0 Å². The van der Waals surface area contributed by atoms with Crippen molar-refractivity contribution in [3.63, 3.8) is 0 Å². The van der Waals surface area contributed by atoms with E-state index in [-0.39, 0.29) is 6.42 Å². The first-order valence-electron chi connectivity index (χ1n) is 6.77. The van der Waals surface area contributed by atoms with Gasteiger partial charge < -0.3 is 4.74 Å². The van der Waals surface area contributed by atoms with Gasteiger partial charge in [-0.1, -0.05) is 60.7 Å². The Labute approximate surface area is 126 Å². The molecule has 116 valence electrons. The van der Waals surface area contributed by atoms with Gasteiger partial charge in [-0.2, -0.15) is 13.2 Å². The SMILES string of the molecule is O=C(c1ccccc1)C(Cc1ccccc1)OCC(F)(F)F. The van der Waals surface area contributed by atoms with Crippen molar-refractivity contribution in [2.45, 2.75) is 18.7 Å². The van der Waals surface area contributed by atoms with Crippen molar-refractivity contribution in [2.75, 3.05) is 6.61 Å². The molecule has 0 saturated carbocycles. The average molecular weight is 308 g/mol. The summed E-state index contributed by atoms with van der Waals surface area (Å²) in [5.74, 6) is -0.450. The minimum Gasteiger partial charge on any atom is -0.360 e. The minimum absolute atomic E-state index is 0.102. The fourth-order valence-corrected chi connectivity index (χ4v) is 2.04. The third-order valence-corrected chi connectivity index (χ3v) is 3.06. The monoisotopic (exact) mass is 308 g/mol. The lowest BCUT2D eigenvalue weighted by atomic mass is 10.00. The van der Waals surface area contributed by atoms with Crippen molar-refractivity contribution in [3.05, 3.63) is 71.8 Å². The summed E-state index contributed by atoms with van der Waals surface area (Å²) < 4.78 is 42.0. The van der Waals surface area contributed by atoms with Gasteiger partial charge >= 0.3 is 6.18 Å². The van der Waals surface area contributed by atoms with E-state index in [0.717, 1.165) is 5.56 Å². The second kappa shape index (κ2) is 7.22. The number of halogens is 3. The van der Waals surface area contributed by atoms with E-state index in [1.165, 1.54) is 0 Å². The van der Waals surface area contributed by atoms with Gasteiger partial charge in [0.1, 0.15) is 12.7 Å². The number of hydrogen-bond acceptors (Lipinski definition) is 2. The van der Waals surface area contributed by atoms with Crippen molar-refractivity contribution >= 4 is 5.78 Å². The predicted octanol–water partition coefficient (Wildman–Crippen LogP) is 4.06. The summed E-state index contributed by atoms with van der Waals surface area (Å²) in [7, 11) is 0. The van der Waals surface area contributed by atoms with Gasteiger partial charge in [-0.05, 0) is 5.56 Å². The lowest BCUT2D eigenvalue weighted by Gasteiger charge is -2.18. The topological polar surface area (TPSA) is 26.3 Å². The molecule has 0 aromatic heterocycles. The number of alkyl halides is 3. The highest BCUT2D eigenvalue weighted by Gasteiger charge is 2.31. The highest BCUT2D eigenvalue weighted by Crippen LogP contribution is 2.19. The summed E-state index contributed by atoms with van der Waals surface area (Å²) in [5.41, 5.74) is 1.09. The third-order valence-electron chi connectivity index (χ3n) is 3.06. The molecule has 1 atom stereocenters. The molecule has 0 amide bonds. The molecule has 5 heteroatoms. The van der Waals surface area contributed by atoms with Gasteiger partial charge in [0.2, 0.25) is 0 Å². The lowest BCUT2D eigenvalue weighted by molar-refractivity contribution is -0.180. The Morgan fingerprint density at radius 1 is 0.955 bits per heavy atom. The number of rotatable bonds is 6. The third kappa shape index (κ3) is 5.00. The zero-order valence-electron chi connectivity index (χ0n) is 11.7. The number of carbonyl (C=O) groups excluding carboxylic acids is 1. The molecular formula is C17H15F3O2. The minimum atomic E-state index is -4.47. The Kier molecular flexibility index (Phi) is 5.33. The van der Waals surface area contributed by atoms with Gasteiger partial charge in [0.05, 0.1) is 0 Å². The molecule has 2 nitrogen and oxygen atoms in total. The highest BCUT2D eigenvalue weighted by atomic mass is 19.4. The van der Waals surface area contributed by atoms with Crippen LogP contribution in [0.1, 0.15) is 15.9 Å². The van der Waals surface area contributed by atoms with Gasteiger partial charge in [-0.3, -0.25) is 4.79 Å². The van der Waals surface area contributed by atoms with Crippen LogP contribution in [-0.4, -0.2) is 24.7 Å². The average Bonchev–Trinajstić information content (AvgIpc) is 2.52. The maximum atomic E-state index is 12.4. The number of Topliss-reactive ketones (excluding diaryl/α,β-unsaturated/α-hetero) is 1. The number of benzene rings is 2. The second-order valence-corrected chi connectivity index (χ2v) is 4.83. The largest absolute Gasteiger partial charge is 0.411 e. The zero-order valence-corrected chi connectivity index (χ0v) is 11.7. The van der Waals surface area contributed by atoms with Crippen LogP contribution in [0.3, 0.4) is 0 Å². The number of carbonyl (C=O) groups is 1. The Hall–Kier alpha value is -2.14. The van der Waals surface area contributed by atoms with Crippen LogP contribution in [0.5, 0.6) is 0 Å². The standard InChI is InChI=1S/C17H15F3O2/c18-17(19,20)12-22-15(11-13-7-3-1-4-8-13)16(21)14-9-5-2-6-10-14/h1-10,15H,11-12H2. The van der Waals surface area contributed by atoms with Crippen molar-refractivity contribution in [3.8, 4) is 0 Å². The summed E-state index contributed by atoms with van der Waals surface area (Å²) in [6, 6.07) is 17.0. The maximum absolute atomic E-state index is 12.4. The van der Waals surface area contributed by atoms with Gasteiger partial charge in [0.25, 0.3) is 0 Å². The molecule has 0 aliphatic heterocycles. The maximum Gasteiger partial charge on any atom is 0.411 e. The fraction of sp³-hybridized carbons (Fsp3) is 0.235. The van der Waals surface area contributed by atoms with E-state index in [2.05, 4.69) is 0 Å². The van der Waals surface area contributed by atoms with Crippen molar-refractivity contribution in [1.29, 1.82) is 0 Å². The normalized spacial score (nSPS) is 12.9. The van der Waals surface area contributed by atoms with Crippen LogP contribution in [0.15, 0.2) is 60.7 Å². The van der Waals surface area contributed by atoms with Crippen LogP contribution < -0.4 is 0 Å². The van der Waals surface area contributed by atoms with Gasteiger partial charge in [-0.15, -0.1) is 0 Å². The molecule has 0 spiro atoms. The summed E-state index contributed by atoms with van der Waals surface area (Å²) in [5, 5.41) is 0. The number of hydrogen-bond donors (Lipinski definition) is 0. The predicted molar refractivity (Wildman–Crippen MR) is 76.7 cm³/mol. The Morgan fingerprint density at radius 2 is 1.50 bits per heavy atom. The molecule has 22 heavy (non-hydrogen) atoms. The second-order valence-electron chi connectivity index (χ2n) is 4.83. The van der Waals surface area contributed by atoms with Crippen LogP contribution in [0.25, 0.3) is 0 Å². The first-order chi connectivity index (χ1) is 10.5. The molecule has 2 aromatic rings. The van der Waals surface area contributed by atoms with Crippen molar-refractivity contribution < 1.29 is 22.7 Å². The van der Waals surface area contributed by atoms with E-state index < -0.39 is 24.7 Å². The molecular weight excluding hydrogens is 293 g/mol. The first-order valence-corrected chi connectivity index (χ1v) is 6.77. The van der Waals surface area contributed by atoms with Crippen LogP contribution in [0.4, 0.5) is 13.2 Å². The lowest BCUT2D eigenvalue weighted by Crippen LogP contribution is -2.31. The number of ketones is 1.